The molecule has 0 aliphatic carbocycles. The van der Waals surface area contributed by atoms with Crippen molar-refractivity contribution in [3.8, 4) is 0 Å². The van der Waals surface area contributed by atoms with Crippen LogP contribution in [0.3, 0.4) is 0 Å². The largest absolute Gasteiger partial charge is 0.314 e. The average Bonchev–Trinajstić information content (AvgIpc) is 2.11. The smallest absolute Gasteiger partial charge is 0.147 e. The molecule has 0 rings (SSSR count). The van der Waals surface area contributed by atoms with Crippen LogP contribution < -0.4 is 5.32 Å². The lowest BCUT2D eigenvalue weighted by atomic mass is 10.00. The van der Waals surface area contributed by atoms with E-state index in [1.807, 2.05) is 0 Å². The van der Waals surface area contributed by atoms with Gasteiger partial charge in [0.25, 0.3) is 0 Å². The van der Waals surface area contributed by atoms with E-state index >= 15 is 0 Å². The summed E-state index contributed by atoms with van der Waals surface area (Å²) in [5.41, 5.74) is 0. The number of rotatable bonds is 9. The summed E-state index contributed by atoms with van der Waals surface area (Å²) in [6.07, 6.45) is 5.30. The normalized spacial score (nSPS) is 14.3. The van der Waals surface area contributed by atoms with Gasteiger partial charge < -0.3 is 5.32 Å². The predicted octanol–water partition coefficient (Wildman–Crippen LogP) is 2.23. The van der Waals surface area contributed by atoms with E-state index in [9.17, 15) is 8.42 Å². The molecule has 0 heterocycles. The molecule has 0 radical (unpaired) electrons. The highest BCUT2D eigenvalue weighted by Gasteiger charge is 2.11. The summed E-state index contributed by atoms with van der Waals surface area (Å²) in [6.45, 7) is 7.58. The Morgan fingerprint density at radius 1 is 1.25 bits per heavy atom. The maximum Gasteiger partial charge on any atom is 0.147 e. The van der Waals surface area contributed by atoms with Crippen molar-refractivity contribution in [1.29, 1.82) is 0 Å². The van der Waals surface area contributed by atoms with Gasteiger partial charge in [-0.15, -0.1) is 0 Å². The number of sulfone groups is 1. The molecule has 0 aromatic heterocycles. The molecule has 4 heteroatoms. The number of hydrogen-bond acceptors (Lipinski definition) is 3. The molecule has 0 spiro atoms. The third-order valence-corrected chi connectivity index (χ3v) is 3.54. The Labute approximate surface area is 101 Å². The molecular weight excluding hydrogens is 222 g/mol. The SMILES string of the molecule is CCCNC(CCCS(C)(=O)=O)CC(C)C. The van der Waals surface area contributed by atoms with Crippen LogP contribution in [0.5, 0.6) is 0 Å². The van der Waals surface area contributed by atoms with Crippen LogP contribution in [0.1, 0.15) is 46.5 Å². The molecule has 0 saturated heterocycles. The molecule has 0 aromatic rings. The first-order valence-corrected chi connectivity index (χ1v) is 8.32. The van der Waals surface area contributed by atoms with Crippen LogP contribution in [0, 0.1) is 5.92 Å². The Morgan fingerprint density at radius 2 is 1.88 bits per heavy atom. The van der Waals surface area contributed by atoms with Crippen molar-refractivity contribution in [2.75, 3.05) is 18.6 Å². The van der Waals surface area contributed by atoms with Crippen LogP contribution in [0.15, 0.2) is 0 Å². The van der Waals surface area contributed by atoms with Crippen molar-refractivity contribution in [1.82, 2.24) is 5.32 Å². The summed E-state index contributed by atoms with van der Waals surface area (Å²) in [5.74, 6) is 0.975. The lowest BCUT2D eigenvalue weighted by molar-refractivity contribution is 0.396. The van der Waals surface area contributed by atoms with Gasteiger partial charge in [-0.1, -0.05) is 20.8 Å². The van der Waals surface area contributed by atoms with Gasteiger partial charge in [-0.2, -0.15) is 0 Å². The summed E-state index contributed by atoms with van der Waals surface area (Å²) in [7, 11) is -2.80. The molecule has 0 saturated carbocycles. The third-order valence-electron chi connectivity index (χ3n) is 2.51. The van der Waals surface area contributed by atoms with Gasteiger partial charge >= 0.3 is 0 Å². The highest BCUT2D eigenvalue weighted by atomic mass is 32.2. The Kier molecular flexibility index (Phi) is 8.02. The summed E-state index contributed by atoms with van der Waals surface area (Å²) < 4.78 is 22.1. The molecule has 0 amide bonds. The Balaban J connectivity index is 3.91. The maximum atomic E-state index is 11.0. The minimum atomic E-state index is -2.80. The predicted molar refractivity (Wildman–Crippen MR) is 70.5 cm³/mol. The van der Waals surface area contributed by atoms with Crippen molar-refractivity contribution < 1.29 is 8.42 Å². The third kappa shape index (κ3) is 10.4. The van der Waals surface area contributed by atoms with Gasteiger partial charge in [0, 0.05) is 18.1 Å². The molecule has 98 valence electrons. The minimum Gasteiger partial charge on any atom is -0.314 e. The average molecular weight is 249 g/mol. The van der Waals surface area contributed by atoms with E-state index in [1.165, 1.54) is 6.26 Å². The highest BCUT2D eigenvalue weighted by Crippen LogP contribution is 2.10. The number of nitrogens with one attached hydrogen (secondary N) is 1. The van der Waals surface area contributed by atoms with Crippen molar-refractivity contribution in [3.05, 3.63) is 0 Å². The fourth-order valence-electron chi connectivity index (χ4n) is 1.81. The molecule has 1 N–H and O–H groups in total. The molecule has 0 aliphatic heterocycles. The second-order valence-electron chi connectivity index (χ2n) is 5.05. The maximum absolute atomic E-state index is 11.0. The van der Waals surface area contributed by atoms with Crippen LogP contribution in [0.25, 0.3) is 0 Å². The fraction of sp³-hybridized carbons (Fsp3) is 1.00. The van der Waals surface area contributed by atoms with Crippen LogP contribution in [0.2, 0.25) is 0 Å². The van der Waals surface area contributed by atoms with Gasteiger partial charge in [-0.25, -0.2) is 8.42 Å². The van der Waals surface area contributed by atoms with E-state index < -0.39 is 9.84 Å². The highest BCUT2D eigenvalue weighted by molar-refractivity contribution is 7.90. The summed E-state index contributed by atoms with van der Waals surface area (Å²) in [6, 6.07) is 0.474. The van der Waals surface area contributed by atoms with Crippen LogP contribution in [-0.4, -0.2) is 33.0 Å². The molecule has 1 atom stereocenters. The van der Waals surface area contributed by atoms with Crippen molar-refractivity contribution in [2.24, 2.45) is 5.92 Å². The quantitative estimate of drug-likeness (QED) is 0.681. The lowest BCUT2D eigenvalue weighted by Gasteiger charge is -2.20. The molecule has 3 nitrogen and oxygen atoms in total. The first kappa shape index (κ1) is 15.9. The van der Waals surface area contributed by atoms with Crippen LogP contribution in [0.4, 0.5) is 0 Å². The van der Waals surface area contributed by atoms with Gasteiger partial charge in [-0.3, -0.25) is 0 Å². The van der Waals surface area contributed by atoms with E-state index in [0.717, 1.165) is 32.2 Å². The second kappa shape index (κ2) is 8.07. The fourth-order valence-corrected chi connectivity index (χ4v) is 2.50. The van der Waals surface area contributed by atoms with Gasteiger partial charge in [-0.05, 0) is 38.1 Å². The monoisotopic (exact) mass is 249 g/mol. The van der Waals surface area contributed by atoms with Crippen molar-refractivity contribution >= 4 is 9.84 Å². The topological polar surface area (TPSA) is 46.2 Å². The Hall–Kier alpha value is -0.0900. The molecule has 0 fully saturated rings. The molecule has 0 bridgehead atoms. The van der Waals surface area contributed by atoms with Gasteiger partial charge in [0.1, 0.15) is 9.84 Å². The Bertz CT molecular complexity index is 260. The molecule has 1 unspecified atom stereocenters. The van der Waals surface area contributed by atoms with E-state index in [2.05, 4.69) is 26.1 Å². The standard InChI is InChI=1S/C12H27NO2S/c1-5-8-13-12(10-11(2)3)7-6-9-16(4,14)15/h11-13H,5-10H2,1-4H3. The van der Waals surface area contributed by atoms with E-state index in [0.29, 0.717) is 17.7 Å². The zero-order chi connectivity index (χ0) is 12.6. The lowest BCUT2D eigenvalue weighted by Crippen LogP contribution is -2.31. The van der Waals surface area contributed by atoms with Gasteiger partial charge in [0.05, 0.1) is 0 Å². The second-order valence-corrected chi connectivity index (χ2v) is 7.31. The van der Waals surface area contributed by atoms with E-state index in [1.54, 1.807) is 0 Å². The molecule has 16 heavy (non-hydrogen) atoms. The number of hydrogen-bond donors (Lipinski definition) is 1. The van der Waals surface area contributed by atoms with E-state index in [-0.39, 0.29) is 0 Å². The molecular formula is C12H27NO2S. The van der Waals surface area contributed by atoms with Crippen molar-refractivity contribution in [3.63, 3.8) is 0 Å². The van der Waals surface area contributed by atoms with Crippen LogP contribution in [-0.2, 0) is 9.84 Å². The minimum absolute atomic E-state index is 0.315. The first-order chi connectivity index (χ1) is 7.35. The van der Waals surface area contributed by atoms with Gasteiger partial charge in [0.15, 0.2) is 0 Å². The molecule has 0 aromatic carbocycles. The molecule has 0 aliphatic rings. The Morgan fingerprint density at radius 3 is 2.31 bits per heavy atom. The van der Waals surface area contributed by atoms with Crippen LogP contribution >= 0.6 is 0 Å². The van der Waals surface area contributed by atoms with E-state index in [4.69, 9.17) is 0 Å². The van der Waals surface area contributed by atoms with Crippen molar-refractivity contribution in [2.45, 2.75) is 52.5 Å². The van der Waals surface area contributed by atoms with Gasteiger partial charge in [0.2, 0.25) is 0 Å². The summed E-state index contributed by atoms with van der Waals surface area (Å²) >= 11 is 0. The first-order valence-electron chi connectivity index (χ1n) is 6.26. The zero-order valence-corrected chi connectivity index (χ0v) is 11.9. The zero-order valence-electron chi connectivity index (χ0n) is 11.1. The summed E-state index contributed by atoms with van der Waals surface area (Å²) in [5, 5.41) is 3.49. The summed E-state index contributed by atoms with van der Waals surface area (Å²) in [4.78, 5) is 0.